The largest absolute Gasteiger partial charge is 0.496 e. The monoisotopic (exact) mass is 806 g/mol. The Balaban J connectivity index is 0.933. The third kappa shape index (κ3) is 6.08. The number of nitrogens with zero attached hydrogens (tertiary/aromatic N) is 6. The summed E-state index contributed by atoms with van der Waals surface area (Å²) in [6, 6.07) is 22.7. The van der Waals surface area contributed by atoms with Crippen molar-refractivity contribution in [2.75, 3.05) is 34.4 Å². The lowest BCUT2D eigenvalue weighted by Crippen LogP contribution is -2.63. The van der Waals surface area contributed by atoms with E-state index in [1.165, 1.54) is 0 Å². The first kappa shape index (κ1) is 38.5. The second-order valence-electron chi connectivity index (χ2n) is 18.1. The fourth-order valence-electron chi connectivity index (χ4n) is 11.2. The third-order valence-corrected chi connectivity index (χ3v) is 14.7. The predicted molar refractivity (Wildman–Crippen MR) is 227 cm³/mol. The fourth-order valence-corrected chi connectivity index (χ4v) is 11.2. The molecule has 1 spiro atoms. The number of carboxylic acid groups (broad SMARTS) is 1. The topological polar surface area (TPSA) is 150 Å². The van der Waals surface area contributed by atoms with E-state index < -0.39 is 11.4 Å². The van der Waals surface area contributed by atoms with Crippen molar-refractivity contribution in [2.45, 2.75) is 83.0 Å². The number of likely N-dealkylation sites (tertiary alicyclic amines) is 1. The van der Waals surface area contributed by atoms with Crippen molar-refractivity contribution in [2.24, 2.45) is 10.8 Å². The highest BCUT2D eigenvalue weighted by Crippen LogP contribution is 2.55. The van der Waals surface area contributed by atoms with Crippen LogP contribution >= 0.6 is 0 Å². The van der Waals surface area contributed by atoms with Gasteiger partial charge in [-0.2, -0.15) is 10.4 Å². The first-order valence-electron chi connectivity index (χ1n) is 21.0. The molecule has 308 valence electrons. The van der Waals surface area contributed by atoms with E-state index in [4.69, 9.17) is 24.0 Å². The number of hydrogen-bond donors (Lipinski definition) is 2. The molecule has 3 heterocycles. The summed E-state index contributed by atoms with van der Waals surface area (Å²) in [7, 11) is 5.50. The van der Waals surface area contributed by atoms with Crippen molar-refractivity contribution in [3.05, 3.63) is 89.1 Å². The summed E-state index contributed by atoms with van der Waals surface area (Å²) < 4.78 is 20.2. The van der Waals surface area contributed by atoms with Crippen LogP contribution in [-0.4, -0.2) is 86.7 Å². The van der Waals surface area contributed by atoms with Crippen LogP contribution in [0.2, 0.25) is 0 Å². The molecule has 0 radical (unpaired) electrons. The Morgan fingerprint density at radius 2 is 1.63 bits per heavy atom. The van der Waals surface area contributed by atoms with Gasteiger partial charge in [0.05, 0.1) is 54.3 Å². The van der Waals surface area contributed by atoms with Crippen LogP contribution in [0.3, 0.4) is 0 Å². The lowest BCUT2D eigenvalue weighted by atomic mass is 9.57. The van der Waals surface area contributed by atoms with E-state index in [0.29, 0.717) is 54.9 Å². The summed E-state index contributed by atoms with van der Waals surface area (Å²) in [4.78, 5) is 21.8. The summed E-state index contributed by atoms with van der Waals surface area (Å²) in [6.45, 7) is 5.35. The highest BCUT2D eigenvalue weighted by Gasteiger charge is 2.54. The Bertz CT molecular complexity index is 2680. The Labute approximate surface area is 348 Å². The van der Waals surface area contributed by atoms with E-state index in [-0.39, 0.29) is 17.1 Å². The molecule has 0 atom stereocenters. The molecule has 5 fully saturated rings. The van der Waals surface area contributed by atoms with Crippen LogP contribution in [-0.2, 0) is 17.9 Å². The van der Waals surface area contributed by atoms with Crippen molar-refractivity contribution < 1.29 is 28.9 Å². The predicted octanol–water partition coefficient (Wildman–Crippen LogP) is 8.26. The number of aliphatic hydroxyl groups is 1. The number of aliphatic hydroxyl groups excluding tert-OH is 1. The molecule has 60 heavy (non-hydrogen) atoms. The number of oxazole rings is 1. The smallest absolute Gasteiger partial charge is 0.309 e. The number of aromatic nitrogens is 3. The zero-order valence-electron chi connectivity index (χ0n) is 34.6. The average Bonchev–Trinajstić information content (AvgIpc) is 3.88. The molecule has 6 aromatic rings. The van der Waals surface area contributed by atoms with Crippen LogP contribution in [0.5, 0.6) is 11.5 Å². The second-order valence-corrected chi connectivity index (χ2v) is 18.1. The maximum Gasteiger partial charge on any atom is 0.309 e. The molecule has 2 bridgehead atoms. The van der Waals surface area contributed by atoms with Gasteiger partial charge in [-0.05, 0) is 112 Å². The minimum Gasteiger partial charge on any atom is -0.496 e. The first-order valence-corrected chi connectivity index (χ1v) is 21.0. The third-order valence-electron chi connectivity index (χ3n) is 14.7. The van der Waals surface area contributed by atoms with E-state index in [2.05, 4.69) is 48.0 Å². The molecule has 12 heteroatoms. The quantitative estimate of drug-likeness (QED) is 0.130. The van der Waals surface area contributed by atoms with Gasteiger partial charge in [0, 0.05) is 60.2 Å². The molecule has 2 N–H and O–H groups in total. The minimum absolute atomic E-state index is 0.0326. The number of aliphatic carboxylic acids is 1. The van der Waals surface area contributed by atoms with Gasteiger partial charge >= 0.3 is 5.97 Å². The summed E-state index contributed by atoms with van der Waals surface area (Å²) >= 11 is 0. The molecule has 5 aliphatic rings. The molecule has 1 aliphatic heterocycles. The SMILES string of the molecule is COc1cc(-n2ncc3c(-c4cccc(-c5nc6cc(CN(C)C78CCC(C(=O)O)(CC7)CC8)cc(C#N)c6o5)c4C)cccc32)cc(OC)c1CN1CC2(CC(O)C2)C1. The normalized spacial score (nSPS) is 22.3. The number of benzene rings is 4. The summed E-state index contributed by atoms with van der Waals surface area (Å²) in [6.07, 6.45) is 8.25. The van der Waals surface area contributed by atoms with Crippen LogP contribution < -0.4 is 9.47 Å². The maximum atomic E-state index is 12.0. The number of carbonyl (C=O) groups is 1. The molecule has 4 saturated carbocycles. The first-order chi connectivity index (χ1) is 29.0. The highest BCUT2D eigenvalue weighted by atomic mass is 16.5. The highest BCUT2D eigenvalue weighted by molar-refractivity contribution is 5.97. The number of hydrogen-bond acceptors (Lipinski definition) is 10. The number of carboxylic acids is 1. The number of fused-ring (bicyclic) bond motifs is 5. The van der Waals surface area contributed by atoms with Gasteiger partial charge in [-0.25, -0.2) is 9.67 Å². The van der Waals surface area contributed by atoms with Gasteiger partial charge in [0.2, 0.25) is 5.89 Å². The number of ether oxygens (including phenoxy) is 2. The van der Waals surface area contributed by atoms with Gasteiger partial charge in [0.15, 0.2) is 5.58 Å². The lowest BCUT2D eigenvalue weighted by Gasteiger charge is -2.58. The molecule has 0 amide bonds. The molecule has 1 saturated heterocycles. The van der Waals surface area contributed by atoms with E-state index in [0.717, 1.165) is 107 Å². The summed E-state index contributed by atoms with van der Waals surface area (Å²) in [5, 5.41) is 35.9. The zero-order chi connectivity index (χ0) is 41.6. The van der Waals surface area contributed by atoms with Crippen LogP contribution in [0.25, 0.3) is 50.3 Å². The second kappa shape index (κ2) is 14.2. The minimum atomic E-state index is -0.651. The number of nitriles is 1. The fraction of sp³-hybridized carbons (Fsp3) is 0.417. The molecule has 4 aromatic carbocycles. The number of rotatable bonds is 11. The van der Waals surface area contributed by atoms with Crippen LogP contribution in [0.15, 0.2) is 71.3 Å². The van der Waals surface area contributed by atoms with Gasteiger partial charge < -0.3 is 24.1 Å². The van der Waals surface area contributed by atoms with Crippen LogP contribution in [0.1, 0.15) is 73.6 Å². The molecular formula is C48H50N6O6. The molecule has 4 aliphatic carbocycles. The van der Waals surface area contributed by atoms with Crippen LogP contribution in [0.4, 0.5) is 0 Å². The van der Waals surface area contributed by atoms with Crippen LogP contribution in [0, 0.1) is 29.1 Å². The van der Waals surface area contributed by atoms with E-state index in [1.807, 2.05) is 53.3 Å². The van der Waals surface area contributed by atoms with Crippen molar-refractivity contribution in [3.8, 4) is 45.8 Å². The van der Waals surface area contributed by atoms with Gasteiger partial charge in [-0.3, -0.25) is 14.6 Å². The molecule has 0 unspecified atom stereocenters. The summed E-state index contributed by atoms with van der Waals surface area (Å²) in [5.41, 5.74) is 8.83. The molecule has 11 rings (SSSR count). The van der Waals surface area contributed by atoms with E-state index >= 15 is 0 Å². The molecular weight excluding hydrogens is 757 g/mol. The maximum absolute atomic E-state index is 12.0. The van der Waals surface area contributed by atoms with E-state index in [9.17, 15) is 20.3 Å². The van der Waals surface area contributed by atoms with Crippen molar-refractivity contribution in [3.63, 3.8) is 0 Å². The van der Waals surface area contributed by atoms with Crippen molar-refractivity contribution >= 4 is 28.0 Å². The van der Waals surface area contributed by atoms with Gasteiger partial charge in [-0.1, -0.05) is 24.3 Å². The van der Waals surface area contributed by atoms with E-state index in [1.54, 1.807) is 14.2 Å². The Kier molecular flexibility index (Phi) is 9.09. The lowest BCUT2D eigenvalue weighted by molar-refractivity contribution is -0.160. The Morgan fingerprint density at radius 3 is 2.28 bits per heavy atom. The Morgan fingerprint density at radius 1 is 0.967 bits per heavy atom. The molecule has 2 aromatic heterocycles. The summed E-state index contributed by atoms with van der Waals surface area (Å²) in [5.74, 6) is 1.29. The molecule has 12 nitrogen and oxygen atoms in total. The Hall–Kier alpha value is -5.74. The van der Waals surface area contributed by atoms with Crippen molar-refractivity contribution in [1.82, 2.24) is 24.6 Å². The van der Waals surface area contributed by atoms with Gasteiger partial charge in [-0.15, -0.1) is 0 Å². The van der Waals surface area contributed by atoms with Gasteiger partial charge in [0.25, 0.3) is 0 Å². The van der Waals surface area contributed by atoms with Crippen molar-refractivity contribution in [1.29, 1.82) is 5.26 Å². The zero-order valence-corrected chi connectivity index (χ0v) is 34.6. The number of methoxy groups -OCH3 is 2. The average molecular weight is 807 g/mol. The standard InChI is InChI=1S/C48H50N6O6/c1-29-34(36-9-6-10-40-37(36)24-50-54(40)32-19-41(58-3)38(42(20-32)59-4)26-53-27-46(28-53)21-33(55)22-46)7-5-8-35(29)44-51-39-18-30(17-31(23-49)43(39)60-44)25-52(2)48-14-11-47(12-15-48,13-16-48)45(56)57/h5-10,17-20,24,33,55H,11-16,21-22,25-28H2,1-4H3,(H,56,57). The van der Waals surface area contributed by atoms with Gasteiger partial charge in [0.1, 0.15) is 23.1 Å².